The molecule has 4 heteroatoms. The van der Waals surface area contributed by atoms with Gasteiger partial charge >= 0.3 is 0 Å². The predicted octanol–water partition coefficient (Wildman–Crippen LogP) is 2.02. The van der Waals surface area contributed by atoms with Crippen LogP contribution in [0.5, 0.6) is 0 Å². The van der Waals surface area contributed by atoms with Gasteiger partial charge in [-0.05, 0) is 18.5 Å². The van der Waals surface area contributed by atoms with Crippen molar-refractivity contribution < 1.29 is 0 Å². The minimum absolute atomic E-state index is 0.290. The molecule has 4 nitrogen and oxygen atoms in total. The number of benzene rings is 1. The maximum Gasteiger partial charge on any atom is 0.137 e. The first-order chi connectivity index (χ1) is 8.40. The van der Waals surface area contributed by atoms with Crippen LogP contribution < -0.4 is 5.32 Å². The summed E-state index contributed by atoms with van der Waals surface area (Å²) in [5.74, 6) is 0. The lowest BCUT2D eigenvalue weighted by atomic mass is 10.1. The van der Waals surface area contributed by atoms with Crippen molar-refractivity contribution in [1.29, 1.82) is 0 Å². The fraction of sp³-hybridized carbons (Fsp3) is 0.385. The van der Waals surface area contributed by atoms with Crippen molar-refractivity contribution in [1.82, 2.24) is 20.1 Å². The zero-order valence-electron chi connectivity index (χ0n) is 10.1. The molecule has 0 spiro atoms. The van der Waals surface area contributed by atoms with Crippen molar-refractivity contribution in [3.8, 4) is 0 Å². The van der Waals surface area contributed by atoms with E-state index in [1.165, 1.54) is 5.56 Å². The Morgan fingerprint density at radius 2 is 2.12 bits per heavy atom. The number of hydrogen-bond donors (Lipinski definition) is 1. The molecule has 0 aliphatic rings. The SMILES string of the molecule is CCCN[C@H](Cn1cncn1)c1ccccc1. The van der Waals surface area contributed by atoms with E-state index >= 15 is 0 Å². The summed E-state index contributed by atoms with van der Waals surface area (Å²) in [7, 11) is 0. The molecule has 1 aromatic carbocycles. The van der Waals surface area contributed by atoms with E-state index in [4.69, 9.17) is 0 Å². The molecular weight excluding hydrogens is 212 g/mol. The highest BCUT2D eigenvalue weighted by atomic mass is 15.3. The lowest BCUT2D eigenvalue weighted by Crippen LogP contribution is -2.26. The monoisotopic (exact) mass is 230 g/mol. The molecule has 17 heavy (non-hydrogen) atoms. The van der Waals surface area contributed by atoms with Gasteiger partial charge in [0.1, 0.15) is 12.7 Å². The summed E-state index contributed by atoms with van der Waals surface area (Å²) in [6.07, 6.45) is 4.45. The Hall–Kier alpha value is -1.68. The summed E-state index contributed by atoms with van der Waals surface area (Å²) in [6.45, 7) is 3.99. The molecule has 1 atom stereocenters. The Bertz CT molecular complexity index is 410. The predicted molar refractivity (Wildman–Crippen MR) is 67.5 cm³/mol. The van der Waals surface area contributed by atoms with Crippen LogP contribution in [0, 0.1) is 0 Å². The Morgan fingerprint density at radius 3 is 2.76 bits per heavy atom. The maximum atomic E-state index is 4.16. The minimum Gasteiger partial charge on any atom is -0.308 e. The van der Waals surface area contributed by atoms with Crippen LogP contribution in [0.25, 0.3) is 0 Å². The highest BCUT2D eigenvalue weighted by Gasteiger charge is 2.10. The second kappa shape index (κ2) is 6.15. The molecule has 1 N–H and O–H groups in total. The molecule has 0 bridgehead atoms. The third-order valence-electron chi connectivity index (χ3n) is 2.68. The molecule has 0 aliphatic carbocycles. The van der Waals surface area contributed by atoms with Gasteiger partial charge in [-0.25, -0.2) is 4.98 Å². The Balaban J connectivity index is 2.08. The first kappa shape index (κ1) is 11.8. The van der Waals surface area contributed by atoms with Crippen LogP contribution in [0.2, 0.25) is 0 Å². The van der Waals surface area contributed by atoms with Crippen molar-refractivity contribution in [3.05, 3.63) is 48.5 Å². The van der Waals surface area contributed by atoms with Crippen molar-refractivity contribution in [3.63, 3.8) is 0 Å². The van der Waals surface area contributed by atoms with Gasteiger partial charge in [0.2, 0.25) is 0 Å². The molecule has 1 aromatic heterocycles. The van der Waals surface area contributed by atoms with E-state index in [9.17, 15) is 0 Å². The summed E-state index contributed by atoms with van der Waals surface area (Å²) < 4.78 is 1.86. The minimum atomic E-state index is 0.290. The van der Waals surface area contributed by atoms with Crippen molar-refractivity contribution in [2.75, 3.05) is 6.54 Å². The average molecular weight is 230 g/mol. The molecule has 2 aromatic rings. The van der Waals surface area contributed by atoms with E-state index in [1.54, 1.807) is 12.7 Å². The molecule has 2 rings (SSSR count). The molecule has 90 valence electrons. The molecule has 0 radical (unpaired) electrons. The Morgan fingerprint density at radius 1 is 1.29 bits per heavy atom. The fourth-order valence-corrected chi connectivity index (χ4v) is 1.81. The van der Waals surface area contributed by atoms with Gasteiger partial charge in [0, 0.05) is 0 Å². The average Bonchev–Trinajstić information content (AvgIpc) is 2.88. The van der Waals surface area contributed by atoms with E-state index < -0.39 is 0 Å². The van der Waals surface area contributed by atoms with Crippen LogP contribution >= 0.6 is 0 Å². The third-order valence-corrected chi connectivity index (χ3v) is 2.68. The van der Waals surface area contributed by atoms with Gasteiger partial charge in [0.25, 0.3) is 0 Å². The summed E-state index contributed by atoms with van der Waals surface area (Å²) in [6, 6.07) is 10.7. The van der Waals surface area contributed by atoms with Crippen LogP contribution in [-0.2, 0) is 6.54 Å². The van der Waals surface area contributed by atoms with Gasteiger partial charge in [-0.15, -0.1) is 0 Å². The highest BCUT2D eigenvalue weighted by Crippen LogP contribution is 2.14. The van der Waals surface area contributed by atoms with Crippen molar-refractivity contribution >= 4 is 0 Å². The normalized spacial score (nSPS) is 12.5. The van der Waals surface area contributed by atoms with Crippen molar-refractivity contribution in [2.45, 2.75) is 25.9 Å². The van der Waals surface area contributed by atoms with Gasteiger partial charge in [-0.3, -0.25) is 4.68 Å². The molecule has 0 saturated heterocycles. The van der Waals surface area contributed by atoms with E-state index in [-0.39, 0.29) is 6.04 Å². The summed E-state index contributed by atoms with van der Waals surface area (Å²) in [4.78, 5) is 3.97. The smallest absolute Gasteiger partial charge is 0.137 e. The van der Waals surface area contributed by atoms with Crippen LogP contribution in [0.4, 0.5) is 0 Å². The lowest BCUT2D eigenvalue weighted by molar-refractivity contribution is 0.438. The molecule has 1 heterocycles. The van der Waals surface area contributed by atoms with Crippen LogP contribution in [0.15, 0.2) is 43.0 Å². The molecule has 0 fully saturated rings. The van der Waals surface area contributed by atoms with Crippen LogP contribution in [0.1, 0.15) is 24.9 Å². The van der Waals surface area contributed by atoms with Gasteiger partial charge in [0.05, 0.1) is 12.6 Å². The van der Waals surface area contributed by atoms with Crippen LogP contribution in [0.3, 0.4) is 0 Å². The highest BCUT2D eigenvalue weighted by molar-refractivity contribution is 5.18. The van der Waals surface area contributed by atoms with Crippen LogP contribution in [-0.4, -0.2) is 21.3 Å². The molecule has 0 amide bonds. The first-order valence-electron chi connectivity index (χ1n) is 6.01. The number of aromatic nitrogens is 3. The standard InChI is InChI=1S/C13H18N4/c1-2-8-15-13(9-17-11-14-10-16-17)12-6-4-3-5-7-12/h3-7,10-11,13,15H,2,8-9H2,1H3/t13-/m1/s1. The number of nitrogens with one attached hydrogen (secondary N) is 1. The van der Waals surface area contributed by atoms with Gasteiger partial charge in [-0.2, -0.15) is 5.10 Å². The second-order valence-electron chi connectivity index (χ2n) is 4.03. The fourth-order valence-electron chi connectivity index (χ4n) is 1.81. The topological polar surface area (TPSA) is 42.7 Å². The Kier molecular flexibility index (Phi) is 4.27. The number of hydrogen-bond acceptors (Lipinski definition) is 3. The lowest BCUT2D eigenvalue weighted by Gasteiger charge is -2.18. The molecule has 0 aliphatic heterocycles. The Labute approximate surface area is 102 Å². The van der Waals surface area contributed by atoms with E-state index in [0.717, 1.165) is 19.5 Å². The second-order valence-corrected chi connectivity index (χ2v) is 4.03. The van der Waals surface area contributed by atoms with E-state index in [1.807, 2.05) is 10.7 Å². The number of rotatable bonds is 6. The molecule has 0 unspecified atom stereocenters. The summed E-state index contributed by atoms with van der Waals surface area (Å²) in [5.41, 5.74) is 1.29. The maximum absolute atomic E-state index is 4.16. The zero-order chi connectivity index (χ0) is 11.9. The summed E-state index contributed by atoms with van der Waals surface area (Å²) >= 11 is 0. The third kappa shape index (κ3) is 3.39. The molecule has 0 saturated carbocycles. The van der Waals surface area contributed by atoms with Crippen molar-refractivity contribution in [2.24, 2.45) is 0 Å². The first-order valence-corrected chi connectivity index (χ1v) is 6.01. The zero-order valence-corrected chi connectivity index (χ0v) is 10.1. The van der Waals surface area contributed by atoms with Gasteiger partial charge in [-0.1, -0.05) is 37.3 Å². The largest absolute Gasteiger partial charge is 0.308 e. The van der Waals surface area contributed by atoms with E-state index in [2.05, 4.69) is 46.6 Å². The number of nitrogens with zero attached hydrogens (tertiary/aromatic N) is 3. The van der Waals surface area contributed by atoms with Gasteiger partial charge in [0.15, 0.2) is 0 Å². The molecular formula is C13H18N4. The summed E-state index contributed by atoms with van der Waals surface area (Å²) in [5, 5.41) is 7.69. The van der Waals surface area contributed by atoms with E-state index in [0.29, 0.717) is 0 Å². The quantitative estimate of drug-likeness (QED) is 0.825. The van der Waals surface area contributed by atoms with Gasteiger partial charge < -0.3 is 5.32 Å².